The van der Waals surface area contributed by atoms with E-state index >= 15 is 0 Å². The normalized spacial score (nSPS) is 20.4. The van der Waals surface area contributed by atoms with E-state index < -0.39 is 29.7 Å². The molecule has 5 aromatic rings. The number of likely N-dealkylation sites (tertiary alicyclic amines) is 2. The highest BCUT2D eigenvalue weighted by molar-refractivity contribution is 6.23. The van der Waals surface area contributed by atoms with E-state index in [9.17, 15) is 24.0 Å². The van der Waals surface area contributed by atoms with Crippen LogP contribution >= 0.6 is 0 Å². The van der Waals surface area contributed by atoms with Gasteiger partial charge in [0.2, 0.25) is 11.8 Å². The number of aromatic nitrogens is 4. The van der Waals surface area contributed by atoms with Crippen molar-refractivity contribution < 1.29 is 28.7 Å². The van der Waals surface area contributed by atoms with E-state index in [0.29, 0.717) is 37.9 Å². The monoisotopic (exact) mass is 851 g/mol. The number of benzene rings is 3. The number of hydrogen-bond acceptors (Lipinski definition) is 12. The van der Waals surface area contributed by atoms with Gasteiger partial charge in [-0.1, -0.05) is 18.2 Å². The highest BCUT2D eigenvalue weighted by atomic mass is 16.5. The number of carbonyl (C=O) groups is 5. The van der Waals surface area contributed by atoms with Crippen molar-refractivity contribution in [2.24, 2.45) is 5.92 Å². The van der Waals surface area contributed by atoms with E-state index in [4.69, 9.17) is 15.6 Å². The molecular formula is C46H49N11O6. The lowest BCUT2D eigenvalue weighted by Gasteiger charge is -2.41. The van der Waals surface area contributed by atoms with Gasteiger partial charge in [0.25, 0.3) is 11.8 Å². The summed E-state index contributed by atoms with van der Waals surface area (Å²) >= 11 is 0. The number of carbonyl (C=O) groups excluding carboxylic acids is 5. The van der Waals surface area contributed by atoms with Gasteiger partial charge in [0.05, 0.1) is 22.6 Å². The van der Waals surface area contributed by atoms with Gasteiger partial charge >= 0.3 is 6.03 Å². The smallest absolute Gasteiger partial charge is 0.320 e. The number of urea groups is 1. The number of amides is 6. The molecule has 17 heteroatoms. The summed E-state index contributed by atoms with van der Waals surface area (Å²) in [6.45, 7) is 6.62. The first-order valence-corrected chi connectivity index (χ1v) is 21.9. The molecule has 0 bridgehead atoms. The van der Waals surface area contributed by atoms with Crippen molar-refractivity contribution in [3.8, 4) is 22.8 Å². The van der Waals surface area contributed by atoms with E-state index in [1.165, 1.54) is 6.33 Å². The van der Waals surface area contributed by atoms with Gasteiger partial charge in [-0.15, -0.1) is 0 Å². The number of hydrogen-bond donors (Lipinski definition) is 2. The minimum Gasteiger partial charge on any atom is -0.457 e. The number of nitrogens with zero attached hydrogens (tertiary/aromatic N) is 9. The number of nitrogens with one attached hydrogen (secondary N) is 1. The van der Waals surface area contributed by atoms with Crippen LogP contribution in [0.2, 0.25) is 0 Å². The molecule has 1 atom stereocenters. The molecule has 7 heterocycles. The van der Waals surface area contributed by atoms with Crippen LogP contribution in [0.15, 0.2) is 79.1 Å². The van der Waals surface area contributed by atoms with Crippen LogP contribution in [0.1, 0.15) is 65.3 Å². The topological polar surface area (TPSA) is 192 Å². The molecule has 5 aliphatic rings. The van der Waals surface area contributed by atoms with Crippen LogP contribution in [0.25, 0.3) is 22.3 Å². The van der Waals surface area contributed by atoms with Crippen molar-refractivity contribution >= 4 is 52.2 Å². The molecule has 0 saturated carbocycles. The van der Waals surface area contributed by atoms with Crippen molar-refractivity contribution in [1.29, 1.82) is 0 Å². The Morgan fingerprint density at radius 1 is 0.746 bits per heavy atom. The number of anilines is 2. The minimum absolute atomic E-state index is 0.0650. The van der Waals surface area contributed by atoms with Crippen LogP contribution in [-0.4, -0.2) is 134 Å². The largest absolute Gasteiger partial charge is 0.457 e. The zero-order chi connectivity index (χ0) is 43.2. The van der Waals surface area contributed by atoms with E-state index in [1.807, 2.05) is 75.1 Å². The zero-order valence-electron chi connectivity index (χ0n) is 34.9. The summed E-state index contributed by atoms with van der Waals surface area (Å²) in [6, 6.07) is 21.9. The molecule has 1 unspecified atom stereocenters. The Hall–Kier alpha value is -6.88. The van der Waals surface area contributed by atoms with Gasteiger partial charge in [-0.2, -0.15) is 5.10 Å². The Labute approximate surface area is 363 Å². The van der Waals surface area contributed by atoms with Crippen LogP contribution in [0.5, 0.6) is 11.5 Å². The molecule has 3 N–H and O–H groups in total. The summed E-state index contributed by atoms with van der Waals surface area (Å²) in [6.07, 6.45) is 5.49. The van der Waals surface area contributed by atoms with Gasteiger partial charge in [0, 0.05) is 76.6 Å². The molecule has 17 nitrogen and oxygen atoms in total. The lowest BCUT2D eigenvalue weighted by Crippen LogP contribution is -2.54. The van der Waals surface area contributed by atoms with Crippen LogP contribution in [0.4, 0.5) is 16.3 Å². The predicted molar refractivity (Wildman–Crippen MR) is 233 cm³/mol. The summed E-state index contributed by atoms with van der Waals surface area (Å²) in [4.78, 5) is 82.8. The van der Waals surface area contributed by atoms with Gasteiger partial charge in [0.15, 0.2) is 5.65 Å². The zero-order valence-corrected chi connectivity index (χ0v) is 34.9. The van der Waals surface area contributed by atoms with Crippen LogP contribution in [-0.2, 0) is 9.59 Å². The molecule has 0 aliphatic carbocycles. The number of imide groups is 2. The lowest BCUT2D eigenvalue weighted by molar-refractivity contribution is -0.136. The lowest BCUT2D eigenvalue weighted by atomic mass is 9.95. The van der Waals surface area contributed by atoms with E-state index in [2.05, 4.69) is 25.1 Å². The van der Waals surface area contributed by atoms with E-state index in [1.54, 1.807) is 12.1 Å². The summed E-state index contributed by atoms with van der Waals surface area (Å²) in [5.41, 5.74) is 10.2. The van der Waals surface area contributed by atoms with Crippen molar-refractivity contribution in [2.75, 3.05) is 69.5 Å². The molecule has 0 radical (unpaired) electrons. The molecule has 324 valence electrons. The highest BCUT2D eigenvalue weighted by Crippen LogP contribution is 2.36. The predicted octanol–water partition coefficient (Wildman–Crippen LogP) is 4.56. The van der Waals surface area contributed by atoms with Crippen molar-refractivity contribution in [1.82, 2.24) is 44.7 Å². The number of fused-ring (bicyclic) bond motifs is 2. The Kier molecular flexibility index (Phi) is 10.7. The third-order valence-electron chi connectivity index (χ3n) is 13.3. The number of piperazine rings is 1. The molecule has 4 saturated heterocycles. The highest BCUT2D eigenvalue weighted by Gasteiger charge is 2.45. The maximum atomic E-state index is 13.7. The Morgan fingerprint density at radius 3 is 2.17 bits per heavy atom. The maximum Gasteiger partial charge on any atom is 0.320 e. The van der Waals surface area contributed by atoms with E-state index in [0.717, 1.165) is 103 Å². The Bertz CT molecular complexity index is 2580. The first-order chi connectivity index (χ1) is 30.7. The standard InChI is InChI=1S/C46H49N11O6/c47-41-39-40(30-6-9-34(10-7-30)63-33-4-2-1-3-5-33)51-57(42(39)49-28-48-41)31-16-18-52(19-17-31)27-29-14-20-54(21-15-29)46(62)55-24-22-53(23-25-55)32-8-11-35-36(26-32)45(61)56(44(35)60)37-12-13-38(58)50-43(37)59/h1-11,26,28-29,31,37H,12-25,27H2,(H2,47,48,49)(H,50,58,59). The summed E-state index contributed by atoms with van der Waals surface area (Å²) in [5, 5.41) is 8.10. The Morgan fingerprint density at radius 2 is 1.44 bits per heavy atom. The van der Waals surface area contributed by atoms with Gasteiger partial charge in [-0.3, -0.25) is 29.4 Å². The third-order valence-corrected chi connectivity index (χ3v) is 13.3. The number of nitrogens with two attached hydrogens (primary N) is 1. The Balaban J connectivity index is 0.696. The first kappa shape index (κ1) is 40.2. The second-order valence-electron chi connectivity index (χ2n) is 17.1. The second-order valence-corrected chi connectivity index (χ2v) is 17.1. The van der Waals surface area contributed by atoms with Crippen molar-refractivity contribution in [3.05, 3.63) is 90.3 Å². The molecule has 5 aliphatic heterocycles. The van der Waals surface area contributed by atoms with E-state index in [-0.39, 0.29) is 36.0 Å². The summed E-state index contributed by atoms with van der Waals surface area (Å²) in [7, 11) is 0. The SMILES string of the molecule is Nc1ncnc2c1c(-c1ccc(Oc3ccccc3)cc1)nn2C1CCN(CC2CCN(C(=O)N3CCN(c4ccc5c(c4)C(=O)N(C4CCC(=O)NC4=O)C5=O)CC3)CC2)CC1. The molecular weight excluding hydrogens is 803 g/mol. The molecule has 6 amide bonds. The van der Waals surface area contributed by atoms with Crippen LogP contribution in [0, 0.1) is 5.92 Å². The molecule has 0 spiro atoms. The van der Waals surface area contributed by atoms with Crippen molar-refractivity contribution in [2.45, 2.75) is 50.6 Å². The summed E-state index contributed by atoms with van der Waals surface area (Å²) in [5.74, 6) is 0.340. The number of rotatable bonds is 8. The average Bonchev–Trinajstić information content (AvgIpc) is 3.82. The van der Waals surface area contributed by atoms with Gasteiger partial charge in [-0.05, 0) is 92.6 Å². The molecule has 10 rings (SSSR count). The number of piperidine rings is 3. The minimum atomic E-state index is -1.00. The first-order valence-electron chi connectivity index (χ1n) is 21.9. The molecule has 2 aromatic heterocycles. The third kappa shape index (κ3) is 7.81. The molecule has 63 heavy (non-hydrogen) atoms. The molecule has 3 aromatic carbocycles. The van der Waals surface area contributed by atoms with Gasteiger partial charge < -0.3 is 30.1 Å². The average molecular weight is 852 g/mol. The fourth-order valence-corrected chi connectivity index (χ4v) is 9.79. The van der Waals surface area contributed by atoms with Gasteiger partial charge in [0.1, 0.15) is 35.4 Å². The van der Waals surface area contributed by atoms with Crippen LogP contribution < -0.4 is 20.7 Å². The fourth-order valence-electron chi connectivity index (χ4n) is 9.79. The number of para-hydroxylation sites is 1. The maximum absolute atomic E-state index is 13.7. The number of nitrogen functional groups attached to an aromatic ring is 1. The number of ether oxygens (including phenoxy) is 1. The van der Waals surface area contributed by atoms with Crippen molar-refractivity contribution in [3.63, 3.8) is 0 Å². The van der Waals surface area contributed by atoms with Crippen LogP contribution in [0.3, 0.4) is 0 Å². The second kappa shape index (κ2) is 16.8. The quantitative estimate of drug-likeness (QED) is 0.207. The fraction of sp³-hybridized carbons (Fsp3) is 0.391. The summed E-state index contributed by atoms with van der Waals surface area (Å²) < 4.78 is 8.05. The molecule has 4 fully saturated rings. The van der Waals surface area contributed by atoms with Gasteiger partial charge in [-0.25, -0.2) is 19.4 Å².